The third kappa shape index (κ3) is 5.33. The summed E-state index contributed by atoms with van der Waals surface area (Å²) >= 11 is 5.89. The highest BCUT2D eigenvalue weighted by molar-refractivity contribution is 6.30. The van der Waals surface area contributed by atoms with Crippen molar-refractivity contribution < 1.29 is 9.90 Å². The average molecular weight is 404 g/mol. The van der Waals surface area contributed by atoms with Crippen LogP contribution in [-0.4, -0.2) is 35.5 Å². The van der Waals surface area contributed by atoms with Crippen LogP contribution in [0.4, 0.5) is 0 Å². The Kier molecular flexibility index (Phi) is 8.69. The van der Waals surface area contributed by atoms with Gasteiger partial charge in [-0.2, -0.15) is 0 Å². The van der Waals surface area contributed by atoms with E-state index in [0.29, 0.717) is 24.7 Å². The summed E-state index contributed by atoms with van der Waals surface area (Å²) in [5.41, 5.74) is 1.74. The molecule has 1 amide bonds. The van der Waals surface area contributed by atoms with Crippen molar-refractivity contribution in [2.24, 2.45) is 0 Å². The van der Waals surface area contributed by atoms with Crippen LogP contribution in [0.15, 0.2) is 54.6 Å². The van der Waals surface area contributed by atoms with Crippen molar-refractivity contribution in [2.45, 2.75) is 12.1 Å². The highest BCUT2D eigenvalue weighted by atomic mass is 35.5. The Morgan fingerprint density at radius 1 is 1.12 bits per heavy atom. The van der Waals surface area contributed by atoms with Gasteiger partial charge in [-0.15, -0.1) is 24.8 Å². The Morgan fingerprint density at radius 3 is 2.40 bits per heavy atom. The van der Waals surface area contributed by atoms with Gasteiger partial charge in [-0.3, -0.25) is 9.69 Å². The van der Waals surface area contributed by atoms with Crippen molar-refractivity contribution in [3.63, 3.8) is 0 Å². The molecule has 2 aromatic rings. The maximum atomic E-state index is 12.3. The first-order chi connectivity index (χ1) is 11.1. The number of carbonyl (C=O) groups is 1. The third-order valence-corrected chi connectivity index (χ3v) is 4.34. The number of β-amino-alcohol motifs (C(OH)–C–C–N with tert-alkyl or cyclic N) is 1. The van der Waals surface area contributed by atoms with E-state index in [1.165, 1.54) is 0 Å². The number of amides is 1. The number of halogens is 3. The van der Waals surface area contributed by atoms with Gasteiger partial charge in [0, 0.05) is 24.7 Å². The normalized spacial score (nSPS) is 18.5. The van der Waals surface area contributed by atoms with E-state index < -0.39 is 6.10 Å². The van der Waals surface area contributed by atoms with Crippen molar-refractivity contribution in [3.05, 3.63) is 70.7 Å². The summed E-state index contributed by atoms with van der Waals surface area (Å²) in [5.74, 6) is -0.0224. The molecular weight excluding hydrogens is 383 g/mol. The number of nitrogens with one attached hydrogen (secondary N) is 1. The molecule has 0 spiro atoms. The lowest BCUT2D eigenvalue weighted by atomic mass is 10.0. The zero-order valence-electron chi connectivity index (χ0n) is 13.5. The van der Waals surface area contributed by atoms with Gasteiger partial charge in [-0.05, 0) is 23.3 Å². The fourth-order valence-electron chi connectivity index (χ4n) is 2.92. The lowest BCUT2D eigenvalue weighted by Crippen LogP contribution is -2.51. The molecule has 2 unspecified atom stereocenters. The topological polar surface area (TPSA) is 52.6 Å². The standard InChI is InChI=1S/C18H19ClN2O2.2ClH/c19-15-8-6-13(7-9-15)16(22)12-21-11-10-20-18(23)17(21)14-4-2-1-3-5-14;;/h1-9,16-17,22H,10-12H2,(H,20,23);2*1H. The van der Waals surface area contributed by atoms with E-state index in [4.69, 9.17) is 11.6 Å². The van der Waals surface area contributed by atoms with E-state index in [-0.39, 0.29) is 36.8 Å². The van der Waals surface area contributed by atoms with Crippen LogP contribution in [-0.2, 0) is 4.79 Å². The van der Waals surface area contributed by atoms with E-state index in [9.17, 15) is 9.90 Å². The van der Waals surface area contributed by atoms with E-state index >= 15 is 0 Å². The molecule has 0 aliphatic carbocycles. The molecule has 4 nitrogen and oxygen atoms in total. The van der Waals surface area contributed by atoms with Crippen molar-refractivity contribution in [3.8, 4) is 0 Å². The number of hydrogen-bond acceptors (Lipinski definition) is 3. The maximum absolute atomic E-state index is 12.3. The Bertz CT molecular complexity index is 668. The molecule has 136 valence electrons. The lowest BCUT2D eigenvalue weighted by molar-refractivity contribution is -0.130. The Balaban J connectivity index is 0.00000156. The first kappa shape index (κ1) is 21.7. The molecule has 1 heterocycles. The molecule has 0 aromatic heterocycles. The van der Waals surface area contributed by atoms with Crippen LogP contribution in [0.2, 0.25) is 5.02 Å². The number of rotatable bonds is 4. The number of aliphatic hydroxyl groups excluding tert-OH is 1. The minimum atomic E-state index is -0.663. The van der Waals surface area contributed by atoms with Crippen molar-refractivity contribution in [2.75, 3.05) is 19.6 Å². The summed E-state index contributed by atoms with van der Waals surface area (Å²) < 4.78 is 0. The maximum Gasteiger partial charge on any atom is 0.242 e. The van der Waals surface area contributed by atoms with Crippen LogP contribution in [0, 0.1) is 0 Å². The first-order valence-corrected chi connectivity index (χ1v) is 8.03. The van der Waals surface area contributed by atoms with Crippen LogP contribution in [0.25, 0.3) is 0 Å². The molecule has 0 radical (unpaired) electrons. The van der Waals surface area contributed by atoms with E-state index in [2.05, 4.69) is 5.32 Å². The van der Waals surface area contributed by atoms with E-state index in [1.54, 1.807) is 12.1 Å². The molecule has 2 N–H and O–H groups in total. The van der Waals surface area contributed by atoms with E-state index in [0.717, 1.165) is 11.1 Å². The van der Waals surface area contributed by atoms with Crippen molar-refractivity contribution >= 4 is 42.3 Å². The molecule has 7 heteroatoms. The fraction of sp³-hybridized carbons (Fsp3) is 0.278. The van der Waals surface area contributed by atoms with Crippen LogP contribution in [0.1, 0.15) is 23.3 Å². The highest BCUT2D eigenvalue weighted by Crippen LogP contribution is 2.26. The Hall–Kier alpha value is -1.30. The minimum Gasteiger partial charge on any atom is -0.387 e. The van der Waals surface area contributed by atoms with Crippen molar-refractivity contribution in [1.29, 1.82) is 0 Å². The molecule has 2 aromatic carbocycles. The second kappa shape index (κ2) is 10.00. The zero-order valence-corrected chi connectivity index (χ0v) is 15.9. The molecule has 2 atom stereocenters. The highest BCUT2D eigenvalue weighted by Gasteiger charge is 2.32. The predicted octanol–water partition coefficient (Wildman–Crippen LogP) is 3.39. The molecule has 25 heavy (non-hydrogen) atoms. The monoisotopic (exact) mass is 402 g/mol. The van der Waals surface area contributed by atoms with Gasteiger partial charge < -0.3 is 10.4 Å². The Labute approximate surface area is 165 Å². The number of benzene rings is 2. The van der Waals surface area contributed by atoms with Gasteiger partial charge in [0.05, 0.1) is 6.10 Å². The molecule has 3 rings (SSSR count). The summed E-state index contributed by atoms with van der Waals surface area (Å²) in [6.45, 7) is 1.69. The molecular formula is C18H21Cl3N2O2. The van der Waals surface area contributed by atoms with Gasteiger partial charge in [0.2, 0.25) is 5.91 Å². The lowest BCUT2D eigenvalue weighted by Gasteiger charge is -2.36. The summed E-state index contributed by atoms with van der Waals surface area (Å²) in [4.78, 5) is 14.3. The second-order valence-corrected chi connectivity index (χ2v) is 6.10. The van der Waals surface area contributed by atoms with Gasteiger partial charge in [0.1, 0.15) is 6.04 Å². The molecule has 1 saturated heterocycles. The predicted molar refractivity (Wildman–Crippen MR) is 105 cm³/mol. The molecule has 1 fully saturated rings. The number of nitrogens with zero attached hydrogens (tertiary/aromatic N) is 1. The second-order valence-electron chi connectivity index (χ2n) is 5.67. The quantitative estimate of drug-likeness (QED) is 0.823. The average Bonchev–Trinajstić information content (AvgIpc) is 2.56. The summed E-state index contributed by atoms with van der Waals surface area (Å²) in [5, 5.41) is 14.0. The number of carbonyl (C=O) groups excluding carboxylic acids is 1. The number of hydrogen-bond donors (Lipinski definition) is 2. The SMILES string of the molecule is Cl.Cl.O=C1NCCN(CC(O)c2ccc(Cl)cc2)C1c1ccccc1. The number of piperazine rings is 1. The molecule has 1 aliphatic heterocycles. The van der Waals surface area contributed by atoms with Gasteiger partial charge >= 0.3 is 0 Å². The summed E-state index contributed by atoms with van der Waals surface area (Å²) in [6, 6.07) is 16.4. The molecule has 0 saturated carbocycles. The third-order valence-electron chi connectivity index (χ3n) is 4.09. The summed E-state index contributed by atoms with van der Waals surface area (Å²) in [7, 11) is 0. The fourth-order valence-corrected chi connectivity index (χ4v) is 3.05. The van der Waals surface area contributed by atoms with Crippen LogP contribution in [0.3, 0.4) is 0 Å². The Morgan fingerprint density at radius 2 is 1.76 bits per heavy atom. The number of aliphatic hydroxyl groups is 1. The van der Waals surface area contributed by atoms with Gasteiger partial charge in [0.15, 0.2) is 0 Å². The van der Waals surface area contributed by atoms with E-state index in [1.807, 2.05) is 47.4 Å². The molecule has 1 aliphatic rings. The van der Waals surface area contributed by atoms with Crippen LogP contribution < -0.4 is 5.32 Å². The van der Waals surface area contributed by atoms with Crippen LogP contribution >= 0.6 is 36.4 Å². The van der Waals surface area contributed by atoms with Crippen LogP contribution in [0.5, 0.6) is 0 Å². The molecule has 0 bridgehead atoms. The zero-order chi connectivity index (χ0) is 16.2. The van der Waals surface area contributed by atoms with Crippen molar-refractivity contribution in [1.82, 2.24) is 10.2 Å². The first-order valence-electron chi connectivity index (χ1n) is 7.65. The smallest absolute Gasteiger partial charge is 0.242 e. The van der Waals surface area contributed by atoms with Gasteiger partial charge in [-0.1, -0.05) is 54.1 Å². The largest absolute Gasteiger partial charge is 0.387 e. The van der Waals surface area contributed by atoms with Gasteiger partial charge in [0.25, 0.3) is 0 Å². The minimum absolute atomic E-state index is 0. The van der Waals surface area contributed by atoms with Gasteiger partial charge in [-0.25, -0.2) is 0 Å². The summed E-state index contributed by atoms with van der Waals surface area (Å²) in [6.07, 6.45) is -0.663.